The zero-order valence-corrected chi connectivity index (χ0v) is 9.52. The number of hydrogen-bond donors (Lipinski definition) is 0. The molecule has 4 nitrogen and oxygen atoms in total. The molecule has 1 saturated heterocycles. The molecule has 0 saturated carbocycles. The smallest absolute Gasteiger partial charge is 0.232 e. The van der Waals surface area contributed by atoms with E-state index >= 15 is 0 Å². The van der Waals surface area contributed by atoms with E-state index in [1.54, 1.807) is 0 Å². The predicted octanol–water partition coefficient (Wildman–Crippen LogP) is 1.14. The van der Waals surface area contributed by atoms with Crippen molar-refractivity contribution in [1.29, 1.82) is 0 Å². The van der Waals surface area contributed by atoms with Crippen LogP contribution in [-0.4, -0.2) is 40.1 Å². The van der Waals surface area contributed by atoms with Gasteiger partial charge in [0.25, 0.3) is 0 Å². The summed E-state index contributed by atoms with van der Waals surface area (Å²) < 4.78 is 31.7. The molecule has 1 aliphatic rings. The Kier molecular flexibility index (Phi) is 5.15. The highest BCUT2D eigenvalue weighted by atomic mass is 35.7. The Hall–Kier alpha value is 0.160. The molecule has 1 rings (SSSR count). The van der Waals surface area contributed by atoms with Crippen LogP contribution < -0.4 is 0 Å². The van der Waals surface area contributed by atoms with E-state index < -0.39 is 9.05 Å². The van der Waals surface area contributed by atoms with Crippen LogP contribution in [0.5, 0.6) is 0 Å². The van der Waals surface area contributed by atoms with Gasteiger partial charge in [-0.15, -0.1) is 0 Å². The minimum Gasteiger partial charge on any atom is -0.379 e. The Labute approximate surface area is 88.9 Å². The first kappa shape index (κ1) is 12.2. The number of hydrogen-bond acceptors (Lipinski definition) is 4. The van der Waals surface area contributed by atoms with E-state index in [-0.39, 0.29) is 11.9 Å². The van der Waals surface area contributed by atoms with E-state index in [4.69, 9.17) is 20.2 Å². The van der Waals surface area contributed by atoms with E-state index in [9.17, 15) is 8.42 Å². The van der Waals surface area contributed by atoms with Crippen molar-refractivity contribution < 1.29 is 17.9 Å². The minimum atomic E-state index is -3.36. The van der Waals surface area contributed by atoms with Gasteiger partial charge in [-0.2, -0.15) is 0 Å². The van der Waals surface area contributed by atoms with Crippen LogP contribution in [-0.2, 0) is 18.5 Å². The van der Waals surface area contributed by atoms with Crippen LogP contribution in [0.25, 0.3) is 0 Å². The van der Waals surface area contributed by atoms with Crippen molar-refractivity contribution in [3.63, 3.8) is 0 Å². The summed E-state index contributed by atoms with van der Waals surface area (Å²) in [4.78, 5) is 0. The molecule has 0 bridgehead atoms. The predicted molar refractivity (Wildman–Crippen MR) is 54.0 cm³/mol. The maximum atomic E-state index is 10.5. The lowest BCUT2D eigenvalue weighted by Gasteiger charge is -2.09. The molecule has 0 aromatic rings. The molecule has 0 aromatic carbocycles. The van der Waals surface area contributed by atoms with Gasteiger partial charge in [-0.25, -0.2) is 8.42 Å². The van der Waals surface area contributed by atoms with Crippen molar-refractivity contribution in [3.05, 3.63) is 0 Å². The van der Waals surface area contributed by atoms with Gasteiger partial charge >= 0.3 is 0 Å². The summed E-state index contributed by atoms with van der Waals surface area (Å²) in [5, 5.41) is 0. The van der Waals surface area contributed by atoms with Crippen molar-refractivity contribution in [3.8, 4) is 0 Å². The summed E-state index contributed by atoms with van der Waals surface area (Å²) in [6.07, 6.45) is 2.76. The van der Waals surface area contributed by atoms with Gasteiger partial charge in [0.15, 0.2) is 0 Å². The van der Waals surface area contributed by atoms with Gasteiger partial charge in [-0.3, -0.25) is 0 Å². The summed E-state index contributed by atoms with van der Waals surface area (Å²) in [6, 6.07) is 0. The first-order valence-electron chi connectivity index (χ1n) is 4.69. The van der Waals surface area contributed by atoms with Gasteiger partial charge in [-0.1, -0.05) is 0 Å². The monoisotopic (exact) mass is 242 g/mol. The van der Waals surface area contributed by atoms with E-state index in [1.807, 2.05) is 0 Å². The van der Waals surface area contributed by atoms with Crippen molar-refractivity contribution in [2.24, 2.45) is 0 Å². The fraction of sp³-hybridized carbons (Fsp3) is 1.00. The van der Waals surface area contributed by atoms with Crippen molar-refractivity contribution in [2.45, 2.75) is 25.4 Å². The van der Waals surface area contributed by atoms with Crippen LogP contribution in [0.3, 0.4) is 0 Å². The second kappa shape index (κ2) is 5.90. The summed E-state index contributed by atoms with van der Waals surface area (Å²) in [6.45, 7) is 1.79. The topological polar surface area (TPSA) is 52.6 Å². The van der Waals surface area contributed by atoms with Crippen molar-refractivity contribution in [1.82, 2.24) is 0 Å². The molecule has 1 unspecified atom stereocenters. The highest BCUT2D eigenvalue weighted by Crippen LogP contribution is 2.12. The molecule has 0 N–H and O–H groups in total. The fourth-order valence-electron chi connectivity index (χ4n) is 1.32. The van der Waals surface area contributed by atoms with Crippen LogP contribution in [0.4, 0.5) is 0 Å². The number of halogens is 1. The Morgan fingerprint density at radius 2 is 2.29 bits per heavy atom. The Morgan fingerprint density at radius 1 is 1.50 bits per heavy atom. The summed E-state index contributed by atoms with van der Waals surface area (Å²) in [5.41, 5.74) is 0. The Morgan fingerprint density at radius 3 is 2.86 bits per heavy atom. The second-order valence-corrected chi connectivity index (χ2v) is 6.20. The van der Waals surface area contributed by atoms with Crippen LogP contribution in [0.15, 0.2) is 0 Å². The molecule has 0 aromatic heterocycles. The molecule has 14 heavy (non-hydrogen) atoms. The highest BCUT2D eigenvalue weighted by molar-refractivity contribution is 8.13. The average Bonchev–Trinajstić information content (AvgIpc) is 2.54. The van der Waals surface area contributed by atoms with E-state index in [0.717, 1.165) is 19.4 Å². The summed E-state index contributed by atoms with van der Waals surface area (Å²) >= 11 is 0. The van der Waals surface area contributed by atoms with Crippen LogP contribution in [0, 0.1) is 0 Å². The van der Waals surface area contributed by atoms with Gasteiger partial charge in [0.2, 0.25) is 9.05 Å². The SMILES string of the molecule is O=S(=O)(Cl)CCCOCC1CCCO1. The molecule has 1 fully saturated rings. The molecule has 1 heterocycles. The molecule has 1 aliphatic heterocycles. The lowest BCUT2D eigenvalue weighted by molar-refractivity contribution is 0.0177. The van der Waals surface area contributed by atoms with Gasteiger partial charge in [-0.05, 0) is 19.3 Å². The first-order chi connectivity index (χ1) is 6.58. The van der Waals surface area contributed by atoms with Crippen LogP contribution in [0.1, 0.15) is 19.3 Å². The third-order valence-electron chi connectivity index (χ3n) is 2.00. The number of rotatable bonds is 6. The van der Waals surface area contributed by atoms with Crippen LogP contribution in [0.2, 0.25) is 0 Å². The normalized spacial score (nSPS) is 22.8. The third-order valence-corrected chi connectivity index (χ3v) is 3.24. The Balaban J connectivity index is 1.94. The maximum Gasteiger partial charge on any atom is 0.232 e. The zero-order chi connectivity index (χ0) is 10.4. The molecule has 0 aliphatic carbocycles. The molecule has 0 radical (unpaired) electrons. The maximum absolute atomic E-state index is 10.5. The van der Waals surface area contributed by atoms with Gasteiger partial charge in [0.05, 0.1) is 18.5 Å². The first-order valence-corrected chi connectivity index (χ1v) is 7.17. The molecule has 0 amide bonds. The Bertz CT molecular complexity index is 246. The van der Waals surface area contributed by atoms with Crippen molar-refractivity contribution in [2.75, 3.05) is 25.6 Å². The quantitative estimate of drug-likeness (QED) is 0.518. The highest BCUT2D eigenvalue weighted by Gasteiger charge is 2.15. The zero-order valence-electron chi connectivity index (χ0n) is 7.95. The standard InChI is InChI=1S/C8H15ClO4S/c9-14(10,11)6-2-4-12-7-8-3-1-5-13-8/h8H,1-7H2. The number of ether oxygens (including phenoxy) is 2. The third kappa shape index (κ3) is 5.80. The van der Waals surface area contributed by atoms with Crippen LogP contribution >= 0.6 is 10.7 Å². The summed E-state index contributed by atoms with van der Waals surface area (Å²) in [5.74, 6) is -0.0277. The lowest BCUT2D eigenvalue weighted by Crippen LogP contribution is -2.15. The van der Waals surface area contributed by atoms with E-state index in [0.29, 0.717) is 19.6 Å². The molecule has 6 heteroatoms. The molecule has 0 spiro atoms. The fourth-order valence-corrected chi connectivity index (χ4v) is 2.11. The molecule has 84 valence electrons. The van der Waals surface area contributed by atoms with Gasteiger partial charge < -0.3 is 9.47 Å². The second-order valence-electron chi connectivity index (χ2n) is 3.31. The van der Waals surface area contributed by atoms with Gasteiger partial charge in [0.1, 0.15) is 0 Å². The van der Waals surface area contributed by atoms with E-state index in [1.165, 1.54) is 0 Å². The molecule has 1 atom stereocenters. The van der Waals surface area contributed by atoms with Crippen molar-refractivity contribution >= 4 is 19.7 Å². The minimum absolute atomic E-state index is 0.0277. The van der Waals surface area contributed by atoms with Gasteiger partial charge in [0, 0.05) is 23.9 Å². The summed E-state index contributed by atoms with van der Waals surface area (Å²) in [7, 11) is 1.67. The lowest BCUT2D eigenvalue weighted by atomic mass is 10.2. The molecular formula is C8H15ClO4S. The van der Waals surface area contributed by atoms with E-state index in [2.05, 4.69) is 0 Å². The molecular weight excluding hydrogens is 228 g/mol. The largest absolute Gasteiger partial charge is 0.379 e. The average molecular weight is 243 g/mol.